The number of carbonyl (C=O) groups is 2. The average Bonchev–Trinajstić information content (AvgIpc) is 2.64. The monoisotopic (exact) mass is 358 g/mol. The predicted octanol–water partition coefficient (Wildman–Crippen LogP) is 3.34. The smallest absolute Gasteiger partial charge is 0.317 e. The second kappa shape index (κ2) is 9.01. The van der Waals surface area contributed by atoms with Gasteiger partial charge in [0.05, 0.1) is 11.9 Å². The van der Waals surface area contributed by atoms with Crippen LogP contribution in [0.4, 0.5) is 10.5 Å². The van der Waals surface area contributed by atoms with Crippen LogP contribution in [0.15, 0.2) is 18.5 Å². The SMILES string of the molecule is CC(=O)Nc1cnccc1CC1CCCN(C(=O)NC2CCCCC2)C1. The molecule has 3 amide bonds. The molecule has 1 atom stereocenters. The number of rotatable bonds is 4. The molecule has 3 rings (SSSR count). The topological polar surface area (TPSA) is 74.3 Å². The number of nitrogens with one attached hydrogen (secondary N) is 2. The van der Waals surface area contributed by atoms with Gasteiger partial charge in [-0.05, 0) is 49.7 Å². The van der Waals surface area contributed by atoms with E-state index in [1.807, 2.05) is 11.0 Å². The molecule has 1 unspecified atom stereocenters. The van der Waals surface area contributed by atoms with Crippen LogP contribution in [-0.4, -0.2) is 41.0 Å². The molecule has 6 heteroatoms. The molecule has 6 nitrogen and oxygen atoms in total. The van der Waals surface area contributed by atoms with Crippen LogP contribution in [0.3, 0.4) is 0 Å². The zero-order valence-electron chi connectivity index (χ0n) is 15.7. The lowest BCUT2D eigenvalue weighted by atomic mass is 9.91. The van der Waals surface area contributed by atoms with Crippen LogP contribution in [-0.2, 0) is 11.2 Å². The normalized spacial score (nSPS) is 21.3. The fourth-order valence-corrected chi connectivity index (χ4v) is 4.14. The summed E-state index contributed by atoms with van der Waals surface area (Å²) in [6, 6.07) is 2.41. The molecular weight excluding hydrogens is 328 g/mol. The lowest BCUT2D eigenvalue weighted by Crippen LogP contribution is -2.49. The first-order valence-electron chi connectivity index (χ1n) is 9.87. The van der Waals surface area contributed by atoms with Crippen molar-refractivity contribution >= 4 is 17.6 Å². The highest BCUT2D eigenvalue weighted by Gasteiger charge is 2.26. The lowest BCUT2D eigenvalue weighted by Gasteiger charge is -2.35. The summed E-state index contributed by atoms with van der Waals surface area (Å²) in [4.78, 5) is 30.1. The highest BCUT2D eigenvalue weighted by Crippen LogP contribution is 2.25. The Morgan fingerprint density at radius 1 is 1.19 bits per heavy atom. The summed E-state index contributed by atoms with van der Waals surface area (Å²) in [5.74, 6) is 0.326. The number of likely N-dealkylation sites (tertiary alicyclic amines) is 1. The Balaban J connectivity index is 1.56. The Morgan fingerprint density at radius 2 is 2.00 bits per heavy atom. The van der Waals surface area contributed by atoms with Gasteiger partial charge in [0.15, 0.2) is 0 Å². The van der Waals surface area contributed by atoms with Crippen LogP contribution in [0.25, 0.3) is 0 Å². The second-order valence-corrected chi connectivity index (χ2v) is 7.66. The number of pyridine rings is 1. The predicted molar refractivity (Wildman–Crippen MR) is 102 cm³/mol. The Bertz CT molecular complexity index is 628. The Labute approximate surface area is 155 Å². The molecule has 2 aliphatic rings. The van der Waals surface area contributed by atoms with Crippen molar-refractivity contribution in [3.8, 4) is 0 Å². The van der Waals surface area contributed by atoms with E-state index in [0.717, 1.165) is 56.4 Å². The van der Waals surface area contributed by atoms with E-state index in [1.165, 1.54) is 26.2 Å². The van der Waals surface area contributed by atoms with Crippen LogP contribution >= 0.6 is 0 Å². The number of hydrogen-bond donors (Lipinski definition) is 2. The molecule has 26 heavy (non-hydrogen) atoms. The molecule has 2 fully saturated rings. The van der Waals surface area contributed by atoms with Crippen LogP contribution in [0, 0.1) is 5.92 Å². The van der Waals surface area contributed by atoms with Crippen molar-refractivity contribution in [1.29, 1.82) is 0 Å². The van der Waals surface area contributed by atoms with E-state index in [4.69, 9.17) is 0 Å². The maximum absolute atomic E-state index is 12.6. The van der Waals surface area contributed by atoms with Gasteiger partial charge < -0.3 is 15.5 Å². The van der Waals surface area contributed by atoms with Gasteiger partial charge in [0, 0.05) is 32.3 Å². The molecule has 1 saturated heterocycles. The molecule has 1 aromatic heterocycles. The van der Waals surface area contributed by atoms with Gasteiger partial charge in [-0.1, -0.05) is 19.3 Å². The number of hydrogen-bond acceptors (Lipinski definition) is 3. The number of urea groups is 1. The zero-order chi connectivity index (χ0) is 18.4. The first-order valence-corrected chi connectivity index (χ1v) is 9.87. The number of carbonyl (C=O) groups excluding carboxylic acids is 2. The van der Waals surface area contributed by atoms with E-state index >= 15 is 0 Å². The number of piperidine rings is 1. The van der Waals surface area contributed by atoms with E-state index in [9.17, 15) is 9.59 Å². The molecule has 1 saturated carbocycles. The number of amides is 3. The first kappa shape index (κ1) is 18.7. The fraction of sp³-hybridized carbons (Fsp3) is 0.650. The summed E-state index contributed by atoms with van der Waals surface area (Å²) < 4.78 is 0. The molecule has 0 spiro atoms. The van der Waals surface area contributed by atoms with E-state index in [0.29, 0.717) is 12.0 Å². The fourth-order valence-electron chi connectivity index (χ4n) is 4.14. The van der Waals surface area contributed by atoms with Gasteiger partial charge in [-0.25, -0.2) is 4.79 Å². The van der Waals surface area contributed by atoms with E-state index in [-0.39, 0.29) is 11.9 Å². The summed E-state index contributed by atoms with van der Waals surface area (Å²) in [7, 11) is 0. The van der Waals surface area contributed by atoms with Crippen molar-refractivity contribution in [3.63, 3.8) is 0 Å². The van der Waals surface area contributed by atoms with Gasteiger partial charge >= 0.3 is 6.03 Å². The van der Waals surface area contributed by atoms with Gasteiger partial charge in [-0.3, -0.25) is 9.78 Å². The van der Waals surface area contributed by atoms with Crippen molar-refractivity contribution in [3.05, 3.63) is 24.0 Å². The van der Waals surface area contributed by atoms with Crippen LogP contribution < -0.4 is 10.6 Å². The van der Waals surface area contributed by atoms with Gasteiger partial charge in [0.1, 0.15) is 0 Å². The first-order chi connectivity index (χ1) is 12.6. The third-order valence-electron chi connectivity index (χ3n) is 5.47. The molecule has 1 aliphatic heterocycles. The maximum Gasteiger partial charge on any atom is 0.317 e. The third-order valence-corrected chi connectivity index (χ3v) is 5.47. The molecule has 0 aromatic carbocycles. The largest absolute Gasteiger partial charge is 0.335 e. The Hall–Kier alpha value is -2.11. The van der Waals surface area contributed by atoms with Crippen molar-refractivity contribution in [2.24, 2.45) is 5.92 Å². The van der Waals surface area contributed by atoms with Gasteiger partial charge in [-0.15, -0.1) is 0 Å². The molecule has 142 valence electrons. The number of aromatic nitrogens is 1. The van der Waals surface area contributed by atoms with Gasteiger partial charge in [0.2, 0.25) is 5.91 Å². The molecular formula is C20H30N4O2. The summed E-state index contributed by atoms with van der Waals surface area (Å²) in [6.07, 6.45) is 12.4. The minimum atomic E-state index is -0.0867. The van der Waals surface area contributed by atoms with Crippen molar-refractivity contribution < 1.29 is 9.59 Å². The van der Waals surface area contributed by atoms with E-state index in [2.05, 4.69) is 15.6 Å². The highest BCUT2D eigenvalue weighted by molar-refractivity contribution is 5.89. The van der Waals surface area contributed by atoms with Gasteiger partial charge in [0.25, 0.3) is 0 Å². The third kappa shape index (κ3) is 5.19. The van der Waals surface area contributed by atoms with Crippen LogP contribution in [0.5, 0.6) is 0 Å². The standard InChI is InChI=1S/C20H30N4O2/c1-15(25)22-19-13-21-10-9-17(19)12-16-6-5-11-24(14-16)20(26)23-18-7-3-2-4-8-18/h9-10,13,16,18H,2-8,11-12,14H2,1H3,(H,22,25)(H,23,26). The maximum atomic E-state index is 12.6. The second-order valence-electron chi connectivity index (χ2n) is 7.66. The lowest BCUT2D eigenvalue weighted by molar-refractivity contribution is -0.114. The minimum Gasteiger partial charge on any atom is -0.335 e. The Morgan fingerprint density at radius 3 is 2.77 bits per heavy atom. The Kier molecular flexibility index (Phi) is 6.47. The van der Waals surface area contributed by atoms with Crippen LogP contribution in [0.2, 0.25) is 0 Å². The number of anilines is 1. The van der Waals surface area contributed by atoms with Crippen molar-refractivity contribution in [1.82, 2.24) is 15.2 Å². The summed E-state index contributed by atoms with van der Waals surface area (Å²) in [6.45, 7) is 3.12. The molecule has 1 aliphatic carbocycles. The van der Waals surface area contributed by atoms with Gasteiger partial charge in [-0.2, -0.15) is 0 Å². The number of nitrogens with zero attached hydrogens (tertiary/aromatic N) is 2. The summed E-state index contributed by atoms with van der Waals surface area (Å²) in [5, 5.41) is 6.09. The molecule has 0 bridgehead atoms. The van der Waals surface area contributed by atoms with Crippen LogP contribution in [0.1, 0.15) is 57.4 Å². The van der Waals surface area contributed by atoms with E-state index in [1.54, 1.807) is 12.4 Å². The minimum absolute atomic E-state index is 0.0867. The zero-order valence-corrected chi connectivity index (χ0v) is 15.7. The van der Waals surface area contributed by atoms with Crippen molar-refractivity contribution in [2.45, 2.75) is 64.3 Å². The van der Waals surface area contributed by atoms with Crippen molar-refractivity contribution in [2.75, 3.05) is 18.4 Å². The average molecular weight is 358 g/mol. The quantitative estimate of drug-likeness (QED) is 0.867. The summed E-state index contributed by atoms with van der Waals surface area (Å²) >= 11 is 0. The molecule has 2 N–H and O–H groups in total. The molecule has 0 radical (unpaired) electrons. The summed E-state index contributed by atoms with van der Waals surface area (Å²) in [5.41, 5.74) is 1.87. The molecule has 2 heterocycles. The molecule has 1 aromatic rings. The highest BCUT2D eigenvalue weighted by atomic mass is 16.2. The van der Waals surface area contributed by atoms with E-state index < -0.39 is 0 Å².